The first-order valence-electron chi connectivity index (χ1n) is 7.97. The van der Waals surface area contributed by atoms with Gasteiger partial charge in [-0.15, -0.1) is 11.3 Å². The lowest BCUT2D eigenvalue weighted by molar-refractivity contribution is -0.117. The van der Waals surface area contributed by atoms with Crippen molar-refractivity contribution in [2.45, 2.75) is 39.0 Å². The van der Waals surface area contributed by atoms with Gasteiger partial charge in [0, 0.05) is 36.8 Å². The third-order valence-electron chi connectivity index (χ3n) is 4.16. The molecule has 0 spiro atoms. The van der Waals surface area contributed by atoms with Gasteiger partial charge in [-0.05, 0) is 43.4 Å². The standard InChI is InChI=1S/C18H22N2OS/c1-14-5-6-15(12-16(21)13-18-19-7-10-22-18)17(11-14)20-8-3-2-4-9-20/h5-7,10-11H,2-4,8-9,12-13H2,1H3. The molecule has 1 fully saturated rings. The van der Waals surface area contributed by atoms with Crippen molar-refractivity contribution in [3.63, 3.8) is 0 Å². The van der Waals surface area contributed by atoms with Crippen molar-refractivity contribution in [2.75, 3.05) is 18.0 Å². The Hall–Kier alpha value is -1.68. The van der Waals surface area contributed by atoms with Crippen LogP contribution in [0.3, 0.4) is 0 Å². The average molecular weight is 314 g/mol. The molecule has 4 heteroatoms. The second kappa shape index (κ2) is 7.05. The van der Waals surface area contributed by atoms with E-state index < -0.39 is 0 Å². The van der Waals surface area contributed by atoms with Crippen LogP contribution in [0.1, 0.15) is 35.4 Å². The first-order chi connectivity index (χ1) is 10.7. The number of carbonyl (C=O) groups is 1. The Kier molecular flexibility index (Phi) is 4.88. The minimum absolute atomic E-state index is 0.247. The molecule has 0 unspecified atom stereocenters. The highest BCUT2D eigenvalue weighted by molar-refractivity contribution is 7.09. The number of nitrogens with zero attached hydrogens (tertiary/aromatic N) is 2. The van der Waals surface area contributed by atoms with Crippen LogP contribution in [-0.2, 0) is 17.6 Å². The summed E-state index contributed by atoms with van der Waals surface area (Å²) in [6.45, 7) is 4.34. The van der Waals surface area contributed by atoms with Crippen molar-refractivity contribution in [2.24, 2.45) is 0 Å². The van der Waals surface area contributed by atoms with Gasteiger partial charge in [0.1, 0.15) is 5.78 Å². The Bertz CT molecular complexity index is 631. The Morgan fingerprint density at radius 2 is 2.05 bits per heavy atom. The zero-order chi connectivity index (χ0) is 15.4. The van der Waals surface area contributed by atoms with E-state index >= 15 is 0 Å². The Labute approximate surface area is 136 Å². The molecule has 3 rings (SSSR count). The van der Waals surface area contributed by atoms with Crippen molar-refractivity contribution >= 4 is 22.8 Å². The van der Waals surface area contributed by atoms with E-state index in [-0.39, 0.29) is 5.78 Å². The smallest absolute Gasteiger partial charge is 0.144 e. The molecule has 1 aromatic carbocycles. The fourth-order valence-corrected chi connectivity index (χ4v) is 3.68. The molecule has 1 aliphatic rings. The average Bonchev–Trinajstić information content (AvgIpc) is 3.03. The molecule has 0 atom stereocenters. The molecule has 0 aliphatic carbocycles. The number of benzene rings is 1. The molecule has 22 heavy (non-hydrogen) atoms. The maximum Gasteiger partial charge on any atom is 0.144 e. The molecule has 0 N–H and O–H groups in total. The van der Waals surface area contributed by atoms with Gasteiger partial charge in [0.05, 0.1) is 11.4 Å². The monoisotopic (exact) mass is 314 g/mol. The second-order valence-corrected chi connectivity index (χ2v) is 6.98. The summed E-state index contributed by atoms with van der Waals surface area (Å²) in [4.78, 5) is 19.0. The van der Waals surface area contributed by atoms with E-state index in [4.69, 9.17) is 0 Å². The third-order valence-corrected chi connectivity index (χ3v) is 4.94. The van der Waals surface area contributed by atoms with Crippen LogP contribution in [0.25, 0.3) is 0 Å². The van der Waals surface area contributed by atoms with E-state index in [0.717, 1.165) is 23.7 Å². The molecule has 1 aliphatic heterocycles. The number of hydrogen-bond donors (Lipinski definition) is 0. The highest BCUT2D eigenvalue weighted by Crippen LogP contribution is 2.26. The van der Waals surface area contributed by atoms with Gasteiger partial charge >= 0.3 is 0 Å². The summed E-state index contributed by atoms with van der Waals surface area (Å²) in [5, 5.41) is 2.84. The molecule has 116 valence electrons. The normalized spacial score (nSPS) is 15.0. The lowest BCUT2D eigenvalue weighted by atomic mass is 10.0. The quantitative estimate of drug-likeness (QED) is 0.841. The van der Waals surface area contributed by atoms with Crippen molar-refractivity contribution in [1.82, 2.24) is 4.98 Å². The van der Waals surface area contributed by atoms with Gasteiger partial charge in [0.2, 0.25) is 0 Å². The fraction of sp³-hybridized carbons (Fsp3) is 0.444. The first kappa shape index (κ1) is 15.2. The largest absolute Gasteiger partial charge is 0.371 e. The zero-order valence-corrected chi connectivity index (χ0v) is 13.9. The van der Waals surface area contributed by atoms with Crippen molar-refractivity contribution in [1.29, 1.82) is 0 Å². The van der Waals surface area contributed by atoms with E-state index in [2.05, 4.69) is 35.0 Å². The van der Waals surface area contributed by atoms with Crippen LogP contribution in [0.2, 0.25) is 0 Å². The van der Waals surface area contributed by atoms with Crippen LogP contribution in [0, 0.1) is 6.92 Å². The number of ketones is 1. The van der Waals surface area contributed by atoms with Gasteiger partial charge in [0.15, 0.2) is 0 Å². The van der Waals surface area contributed by atoms with Gasteiger partial charge in [-0.2, -0.15) is 0 Å². The van der Waals surface area contributed by atoms with E-state index in [9.17, 15) is 4.79 Å². The van der Waals surface area contributed by atoms with Crippen molar-refractivity contribution in [3.8, 4) is 0 Å². The number of rotatable bonds is 5. The van der Waals surface area contributed by atoms with Gasteiger partial charge in [-0.25, -0.2) is 4.98 Å². The zero-order valence-electron chi connectivity index (χ0n) is 13.0. The van der Waals surface area contributed by atoms with Gasteiger partial charge < -0.3 is 4.90 Å². The van der Waals surface area contributed by atoms with Gasteiger partial charge in [-0.3, -0.25) is 4.79 Å². The Balaban J connectivity index is 1.76. The summed E-state index contributed by atoms with van der Waals surface area (Å²) >= 11 is 1.55. The Morgan fingerprint density at radius 1 is 1.23 bits per heavy atom. The number of aromatic nitrogens is 1. The van der Waals surface area contributed by atoms with Crippen LogP contribution in [-0.4, -0.2) is 23.9 Å². The number of piperidine rings is 1. The molecular formula is C18H22N2OS. The SMILES string of the molecule is Cc1ccc(CC(=O)Cc2nccs2)c(N2CCCCC2)c1. The molecule has 0 radical (unpaired) electrons. The highest BCUT2D eigenvalue weighted by Gasteiger charge is 2.17. The molecular weight excluding hydrogens is 292 g/mol. The molecule has 2 aromatic rings. The summed E-state index contributed by atoms with van der Waals surface area (Å²) in [6, 6.07) is 6.47. The van der Waals surface area contributed by atoms with Crippen molar-refractivity contribution < 1.29 is 4.79 Å². The lowest BCUT2D eigenvalue weighted by Crippen LogP contribution is -2.30. The summed E-state index contributed by atoms with van der Waals surface area (Å²) in [7, 11) is 0. The van der Waals surface area contributed by atoms with E-state index in [1.807, 2.05) is 5.38 Å². The predicted molar refractivity (Wildman–Crippen MR) is 91.8 cm³/mol. The summed E-state index contributed by atoms with van der Waals surface area (Å²) in [5.74, 6) is 0.247. The second-order valence-electron chi connectivity index (χ2n) is 6.00. The number of anilines is 1. The summed E-state index contributed by atoms with van der Waals surface area (Å²) < 4.78 is 0. The van der Waals surface area contributed by atoms with E-state index in [0.29, 0.717) is 12.8 Å². The Morgan fingerprint density at radius 3 is 2.77 bits per heavy atom. The minimum Gasteiger partial charge on any atom is -0.371 e. The van der Waals surface area contributed by atoms with Crippen LogP contribution in [0.5, 0.6) is 0 Å². The fourth-order valence-electron chi connectivity index (χ4n) is 3.04. The lowest BCUT2D eigenvalue weighted by Gasteiger charge is -2.31. The van der Waals surface area contributed by atoms with Crippen LogP contribution >= 0.6 is 11.3 Å². The molecule has 1 aromatic heterocycles. The topological polar surface area (TPSA) is 33.2 Å². The third kappa shape index (κ3) is 3.74. The summed E-state index contributed by atoms with van der Waals surface area (Å²) in [5.41, 5.74) is 3.68. The van der Waals surface area contributed by atoms with Crippen LogP contribution in [0.4, 0.5) is 5.69 Å². The maximum absolute atomic E-state index is 12.3. The summed E-state index contributed by atoms with van der Waals surface area (Å²) in [6.07, 6.45) is 6.54. The van der Waals surface area contributed by atoms with E-state index in [1.54, 1.807) is 17.5 Å². The molecule has 0 bridgehead atoms. The van der Waals surface area contributed by atoms with Gasteiger partial charge in [0.25, 0.3) is 0 Å². The number of carbonyl (C=O) groups excluding carboxylic acids is 1. The number of hydrogen-bond acceptors (Lipinski definition) is 4. The molecule has 1 saturated heterocycles. The molecule has 0 saturated carbocycles. The number of thiazole rings is 1. The van der Waals surface area contributed by atoms with Gasteiger partial charge in [-0.1, -0.05) is 12.1 Å². The first-order valence-corrected chi connectivity index (χ1v) is 8.85. The van der Waals surface area contributed by atoms with Crippen LogP contribution in [0.15, 0.2) is 29.8 Å². The highest BCUT2D eigenvalue weighted by atomic mass is 32.1. The molecule has 3 nitrogen and oxygen atoms in total. The molecule has 2 heterocycles. The van der Waals surface area contributed by atoms with Crippen LogP contribution < -0.4 is 4.90 Å². The van der Waals surface area contributed by atoms with Crippen molar-refractivity contribution in [3.05, 3.63) is 45.9 Å². The minimum atomic E-state index is 0.247. The number of Topliss-reactive ketones (excluding diaryl/α,β-unsaturated/α-hetero) is 1. The van der Waals surface area contributed by atoms with E-state index in [1.165, 1.54) is 30.5 Å². The maximum atomic E-state index is 12.3. The molecule has 0 amide bonds. The predicted octanol–water partition coefficient (Wildman–Crippen LogP) is 3.80. The number of aryl methyl sites for hydroxylation is 1.